The summed E-state index contributed by atoms with van der Waals surface area (Å²) in [7, 11) is -3.68. The van der Waals surface area contributed by atoms with Gasteiger partial charge in [0.1, 0.15) is 0 Å². The summed E-state index contributed by atoms with van der Waals surface area (Å²) >= 11 is 0. The number of H-pyrrole nitrogens is 1. The van der Waals surface area contributed by atoms with Crippen molar-refractivity contribution >= 4 is 26.6 Å². The molecule has 0 fully saturated rings. The molecule has 118 valence electrons. The van der Waals surface area contributed by atoms with E-state index >= 15 is 0 Å². The van der Waals surface area contributed by atoms with E-state index in [1.807, 2.05) is 19.1 Å². The molecule has 23 heavy (non-hydrogen) atoms. The van der Waals surface area contributed by atoms with Crippen LogP contribution in [0.25, 0.3) is 10.9 Å². The molecule has 1 heterocycles. The fourth-order valence-electron chi connectivity index (χ4n) is 2.32. The Morgan fingerprint density at radius 2 is 1.74 bits per heavy atom. The Bertz CT molecular complexity index is 1010. The van der Waals surface area contributed by atoms with E-state index in [9.17, 15) is 13.2 Å². The van der Waals surface area contributed by atoms with Gasteiger partial charge in [0.25, 0.3) is 10.0 Å². The molecule has 0 saturated carbocycles. The van der Waals surface area contributed by atoms with Crippen molar-refractivity contribution in [3.8, 4) is 0 Å². The number of aromatic nitrogens is 1. The lowest BCUT2D eigenvalue weighted by atomic mass is 10.2. The molecular weight excluding hydrogens is 312 g/mol. The molecule has 2 aromatic carbocycles. The van der Waals surface area contributed by atoms with Gasteiger partial charge in [-0.25, -0.2) is 8.42 Å². The lowest BCUT2D eigenvalue weighted by Crippen LogP contribution is -2.13. The van der Waals surface area contributed by atoms with Crippen molar-refractivity contribution in [2.75, 3.05) is 4.72 Å². The van der Waals surface area contributed by atoms with E-state index in [4.69, 9.17) is 0 Å². The van der Waals surface area contributed by atoms with Crippen molar-refractivity contribution in [3.05, 3.63) is 70.5 Å². The summed E-state index contributed by atoms with van der Waals surface area (Å²) in [5, 5.41) is 0.661. The third-order valence-corrected chi connectivity index (χ3v) is 5.00. The predicted molar refractivity (Wildman–Crippen MR) is 91.2 cm³/mol. The molecule has 0 saturated heterocycles. The van der Waals surface area contributed by atoms with Gasteiger partial charge < -0.3 is 4.98 Å². The highest BCUT2D eigenvalue weighted by molar-refractivity contribution is 7.92. The van der Waals surface area contributed by atoms with E-state index in [0.29, 0.717) is 16.6 Å². The van der Waals surface area contributed by atoms with E-state index in [1.54, 1.807) is 24.3 Å². The highest BCUT2D eigenvalue weighted by atomic mass is 32.2. The average molecular weight is 328 g/mol. The van der Waals surface area contributed by atoms with E-state index in [-0.39, 0.29) is 10.5 Å². The number of hydrogen-bond acceptors (Lipinski definition) is 3. The number of nitrogens with one attached hydrogen (secondary N) is 2. The first-order valence-corrected chi connectivity index (χ1v) is 8.71. The van der Waals surface area contributed by atoms with Crippen LogP contribution in [0.15, 0.2) is 64.3 Å². The maximum absolute atomic E-state index is 12.5. The quantitative estimate of drug-likeness (QED) is 0.773. The zero-order valence-corrected chi connectivity index (χ0v) is 13.4. The van der Waals surface area contributed by atoms with Crippen LogP contribution in [0.5, 0.6) is 0 Å². The largest absolute Gasteiger partial charge is 0.322 e. The topological polar surface area (TPSA) is 79.0 Å². The van der Waals surface area contributed by atoms with Crippen LogP contribution in [0.3, 0.4) is 0 Å². The molecule has 3 rings (SSSR count). The molecular formula is C17H16N2O3S. The molecule has 3 aromatic rings. The number of sulfonamides is 1. The smallest absolute Gasteiger partial charge is 0.261 e. The fraction of sp³-hybridized carbons (Fsp3) is 0.118. The Kier molecular flexibility index (Phi) is 3.92. The first-order valence-electron chi connectivity index (χ1n) is 7.23. The Morgan fingerprint density at radius 3 is 2.43 bits per heavy atom. The second kappa shape index (κ2) is 5.89. The molecule has 0 aliphatic rings. The summed E-state index contributed by atoms with van der Waals surface area (Å²) in [5.41, 5.74) is 2.04. The molecule has 0 spiro atoms. The van der Waals surface area contributed by atoms with Gasteiger partial charge in [0.2, 0.25) is 5.56 Å². The van der Waals surface area contributed by atoms with Crippen molar-refractivity contribution in [3.63, 3.8) is 0 Å². The maximum Gasteiger partial charge on any atom is 0.261 e. The van der Waals surface area contributed by atoms with Crippen LogP contribution in [0, 0.1) is 0 Å². The van der Waals surface area contributed by atoms with E-state index in [1.165, 1.54) is 18.2 Å². The van der Waals surface area contributed by atoms with Crippen molar-refractivity contribution in [2.24, 2.45) is 0 Å². The lowest BCUT2D eigenvalue weighted by molar-refractivity contribution is 0.601. The molecule has 2 N–H and O–H groups in total. The molecule has 0 amide bonds. The number of fused-ring (bicyclic) bond motifs is 1. The fourth-order valence-corrected chi connectivity index (χ4v) is 3.42. The summed E-state index contributed by atoms with van der Waals surface area (Å²) in [6, 6.07) is 14.8. The Morgan fingerprint density at radius 1 is 1.00 bits per heavy atom. The van der Waals surface area contributed by atoms with Gasteiger partial charge in [0, 0.05) is 17.3 Å². The first-order chi connectivity index (χ1) is 11.0. The van der Waals surface area contributed by atoms with Crippen LogP contribution in [0.4, 0.5) is 5.69 Å². The van der Waals surface area contributed by atoms with Crippen molar-refractivity contribution in [1.82, 2.24) is 4.98 Å². The van der Waals surface area contributed by atoms with Crippen LogP contribution in [0.1, 0.15) is 12.5 Å². The molecule has 0 unspecified atom stereocenters. The number of benzene rings is 2. The Balaban J connectivity index is 1.95. The zero-order valence-electron chi connectivity index (χ0n) is 12.5. The van der Waals surface area contributed by atoms with Crippen LogP contribution >= 0.6 is 0 Å². The highest BCUT2D eigenvalue weighted by Gasteiger charge is 2.14. The van der Waals surface area contributed by atoms with Crippen molar-refractivity contribution in [2.45, 2.75) is 18.2 Å². The summed E-state index contributed by atoms with van der Waals surface area (Å²) in [6.45, 7) is 2.04. The minimum absolute atomic E-state index is 0.150. The van der Waals surface area contributed by atoms with Gasteiger partial charge in [0.05, 0.1) is 4.90 Å². The molecule has 0 aliphatic carbocycles. The van der Waals surface area contributed by atoms with Gasteiger partial charge in [-0.1, -0.05) is 19.1 Å². The van der Waals surface area contributed by atoms with Gasteiger partial charge in [-0.2, -0.15) is 0 Å². The Hall–Kier alpha value is -2.60. The van der Waals surface area contributed by atoms with Crippen LogP contribution in [-0.4, -0.2) is 13.4 Å². The van der Waals surface area contributed by atoms with E-state index < -0.39 is 10.0 Å². The predicted octanol–water partition coefficient (Wildman–Crippen LogP) is 2.89. The van der Waals surface area contributed by atoms with Crippen molar-refractivity contribution in [1.29, 1.82) is 0 Å². The molecule has 1 aromatic heterocycles. The number of hydrogen-bond donors (Lipinski definition) is 2. The molecule has 5 nitrogen and oxygen atoms in total. The number of aryl methyl sites for hydroxylation is 1. The second-order valence-corrected chi connectivity index (χ2v) is 6.91. The van der Waals surface area contributed by atoms with Gasteiger partial charge in [-0.15, -0.1) is 0 Å². The van der Waals surface area contributed by atoms with Crippen LogP contribution < -0.4 is 10.3 Å². The van der Waals surface area contributed by atoms with E-state index in [0.717, 1.165) is 12.0 Å². The average Bonchev–Trinajstić information content (AvgIpc) is 2.54. The van der Waals surface area contributed by atoms with Gasteiger partial charge in [-0.3, -0.25) is 9.52 Å². The zero-order chi connectivity index (χ0) is 16.4. The molecule has 0 aliphatic heterocycles. The second-order valence-electron chi connectivity index (χ2n) is 5.23. The van der Waals surface area contributed by atoms with Gasteiger partial charge in [-0.05, 0) is 53.8 Å². The summed E-state index contributed by atoms with van der Waals surface area (Å²) in [6.07, 6.45) is 0.899. The number of rotatable bonds is 4. The number of anilines is 1. The van der Waals surface area contributed by atoms with E-state index in [2.05, 4.69) is 9.71 Å². The SMILES string of the molecule is CCc1ccc(NS(=O)(=O)c2ccc3[nH]c(=O)ccc3c2)cc1. The molecule has 0 radical (unpaired) electrons. The third-order valence-electron chi connectivity index (χ3n) is 3.62. The minimum Gasteiger partial charge on any atom is -0.322 e. The Labute approximate surface area is 134 Å². The van der Waals surface area contributed by atoms with Gasteiger partial charge in [0.15, 0.2) is 0 Å². The number of aromatic amines is 1. The van der Waals surface area contributed by atoms with Gasteiger partial charge >= 0.3 is 0 Å². The number of pyridine rings is 1. The monoisotopic (exact) mass is 328 g/mol. The third kappa shape index (κ3) is 3.27. The maximum atomic E-state index is 12.5. The lowest BCUT2D eigenvalue weighted by Gasteiger charge is -2.09. The minimum atomic E-state index is -3.68. The molecule has 6 heteroatoms. The van der Waals surface area contributed by atoms with Crippen LogP contribution in [0.2, 0.25) is 0 Å². The highest BCUT2D eigenvalue weighted by Crippen LogP contribution is 2.20. The standard InChI is InChI=1S/C17H16N2O3S/c1-2-12-3-6-14(7-4-12)19-23(21,22)15-8-9-16-13(11-15)5-10-17(20)18-16/h3-11,19H,2H2,1H3,(H,18,20). The first kappa shape index (κ1) is 15.3. The van der Waals surface area contributed by atoms with Crippen molar-refractivity contribution < 1.29 is 8.42 Å². The van der Waals surface area contributed by atoms with Crippen LogP contribution in [-0.2, 0) is 16.4 Å². The molecule has 0 bridgehead atoms. The summed E-state index contributed by atoms with van der Waals surface area (Å²) in [5.74, 6) is 0. The molecule has 0 atom stereocenters. The normalized spacial score (nSPS) is 11.5. The summed E-state index contributed by atoms with van der Waals surface area (Å²) in [4.78, 5) is 14.1. The summed E-state index contributed by atoms with van der Waals surface area (Å²) < 4.78 is 27.5.